The predicted octanol–water partition coefficient (Wildman–Crippen LogP) is 3.98. The van der Waals surface area contributed by atoms with Gasteiger partial charge in [0, 0.05) is 0 Å². The van der Waals surface area contributed by atoms with E-state index in [0.717, 1.165) is 28.5 Å². The van der Waals surface area contributed by atoms with Gasteiger partial charge in [-0.25, -0.2) is 4.39 Å². The van der Waals surface area contributed by atoms with Crippen LogP contribution in [0.3, 0.4) is 0 Å². The first-order valence-corrected chi connectivity index (χ1v) is 4.98. The topological polar surface area (TPSA) is 0 Å². The molecule has 70 valence electrons. The van der Waals surface area contributed by atoms with Crippen molar-refractivity contribution in [2.75, 3.05) is 0 Å². The van der Waals surface area contributed by atoms with E-state index in [0.29, 0.717) is 0 Å². The molecule has 0 aromatic heterocycles. The third-order valence-electron chi connectivity index (χ3n) is 2.05. The van der Waals surface area contributed by atoms with E-state index < -0.39 is 0 Å². The summed E-state index contributed by atoms with van der Waals surface area (Å²) in [4.78, 5) is 0. The fourth-order valence-corrected chi connectivity index (χ4v) is 1.39. The molecule has 0 fully saturated rings. The van der Waals surface area contributed by atoms with Crippen molar-refractivity contribution >= 4 is 15.9 Å². The van der Waals surface area contributed by atoms with Crippen molar-refractivity contribution in [3.8, 4) is 0 Å². The molecule has 0 N–H and O–H groups in total. The highest BCUT2D eigenvalue weighted by atomic mass is 79.9. The van der Waals surface area contributed by atoms with E-state index in [1.165, 1.54) is 6.07 Å². The Hall–Kier alpha value is -0.630. The Balaban J connectivity index is 2.77. The molecular formula is C11H12BrF. The molecule has 0 saturated heterocycles. The van der Waals surface area contributed by atoms with Gasteiger partial charge >= 0.3 is 0 Å². The van der Waals surface area contributed by atoms with Crippen LogP contribution in [-0.4, -0.2) is 0 Å². The Bertz CT molecular complexity index is 318. The van der Waals surface area contributed by atoms with Crippen LogP contribution in [0.1, 0.15) is 17.5 Å². The normalized spacial score (nSPS) is 10.1. The van der Waals surface area contributed by atoms with Crippen LogP contribution >= 0.6 is 15.9 Å². The minimum atomic E-state index is -0.127. The Morgan fingerprint density at radius 1 is 1.54 bits per heavy atom. The molecule has 0 aliphatic heterocycles. The van der Waals surface area contributed by atoms with E-state index >= 15 is 0 Å². The quantitative estimate of drug-likeness (QED) is 0.753. The summed E-state index contributed by atoms with van der Waals surface area (Å²) < 4.78 is 14.0. The summed E-state index contributed by atoms with van der Waals surface area (Å²) in [6.45, 7) is 5.55. The van der Waals surface area contributed by atoms with Crippen LogP contribution in [0.5, 0.6) is 0 Å². The first-order chi connectivity index (χ1) is 6.11. The van der Waals surface area contributed by atoms with Gasteiger partial charge in [-0.3, -0.25) is 0 Å². The largest absolute Gasteiger partial charge is 0.207 e. The highest BCUT2D eigenvalue weighted by molar-refractivity contribution is 9.11. The lowest BCUT2D eigenvalue weighted by atomic mass is 10.0. The zero-order chi connectivity index (χ0) is 9.84. The van der Waals surface area contributed by atoms with Gasteiger partial charge < -0.3 is 0 Å². The molecule has 1 rings (SSSR count). The minimum Gasteiger partial charge on any atom is -0.207 e. The predicted molar refractivity (Wildman–Crippen MR) is 57.5 cm³/mol. The summed E-state index contributed by atoms with van der Waals surface area (Å²) in [6, 6.07) is 5.19. The smallest absolute Gasteiger partial charge is 0.126 e. The van der Waals surface area contributed by atoms with Crippen molar-refractivity contribution < 1.29 is 4.39 Å². The summed E-state index contributed by atoms with van der Waals surface area (Å²) in [7, 11) is 0. The van der Waals surface area contributed by atoms with Crippen LogP contribution in [0.4, 0.5) is 4.39 Å². The van der Waals surface area contributed by atoms with Gasteiger partial charge in [-0.2, -0.15) is 0 Å². The number of benzene rings is 1. The molecule has 2 heteroatoms. The third-order valence-corrected chi connectivity index (χ3v) is 2.44. The highest BCUT2D eigenvalue weighted by Gasteiger charge is 2.02. The lowest BCUT2D eigenvalue weighted by Gasteiger charge is -2.05. The molecule has 0 bridgehead atoms. The molecule has 1 aromatic rings. The van der Waals surface area contributed by atoms with E-state index in [1.54, 1.807) is 6.07 Å². The Morgan fingerprint density at radius 2 is 2.23 bits per heavy atom. The Kier molecular flexibility index (Phi) is 3.67. The zero-order valence-electron chi connectivity index (χ0n) is 7.61. The van der Waals surface area contributed by atoms with E-state index in [4.69, 9.17) is 0 Å². The Morgan fingerprint density at radius 3 is 2.85 bits per heavy atom. The SMILES string of the molecule is C=C(Br)CCc1cccc(F)c1C. The van der Waals surface area contributed by atoms with Crippen LogP contribution in [-0.2, 0) is 6.42 Å². The lowest BCUT2D eigenvalue weighted by molar-refractivity contribution is 0.615. The number of halogens is 2. The van der Waals surface area contributed by atoms with Crippen LogP contribution in [0.25, 0.3) is 0 Å². The first-order valence-electron chi connectivity index (χ1n) is 4.18. The van der Waals surface area contributed by atoms with Crippen LogP contribution in [0.2, 0.25) is 0 Å². The molecule has 13 heavy (non-hydrogen) atoms. The molecule has 0 atom stereocenters. The maximum absolute atomic E-state index is 13.1. The highest BCUT2D eigenvalue weighted by Crippen LogP contribution is 2.17. The van der Waals surface area contributed by atoms with E-state index in [9.17, 15) is 4.39 Å². The van der Waals surface area contributed by atoms with E-state index in [1.807, 2.05) is 13.0 Å². The van der Waals surface area contributed by atoms with Gasteiger partial charge in [0.2, 0.25) is 0 Å². The van der Waals surface area contributed by atoms with Crippen LogP contribution < -0.4 is 0 Å². The number of hydrogen-bond donors (Lipinski definition) is 0. The average Bonchev–Trinajstić information content (AvgIpc) is 2.07. The van der Waals surface area contributed by atoms with Crippen molar-refractivity contribution in [2.45, 2.75) is 19.8 Å². The fourth-order valence-electron chi connectivity index (χ4n) is 1.19. The monoisotopic (exact) mass is 242 g/mol. The lowest BCUT2D eigenvalue weighted by Crippen LogP contribution is -1.92. The maximum atomic E-state index is 13.1. The molecule has 0 radical (unpaired) electrons. The molecular weight excluding hydrogens is 231 g/mol. The second kappa shape index (κ2) is 4.56. The maximum Gasteiger partial charge on any atom is 0.126 e. The molecule has 0 unspecified atom stereocenters. The molecule has 0 heterocycles. The van der Waals surface area contributed by atoms with E-state index in [2.05, 4.69) is 22.5 Å². The van der Waals surface area contributed by atoms with Crippen molar-refractivity contribution in [2.24, 2.45) is 0 Å². The summed E-state index contributed by atoms with van der Waals surface area (Å²) in [5.41, 5.74) is 1.80. The molecule has 0 spiro atoms. The van der Waals surface area contributed by atoms with Crippen LogP contribution in [0, 0.1) is 12.7 Å². The van der Waals surface area contributed by atoms with Crippen molar-refractivity contribution in [3.63, 3.8) is 0 Å². The molecule has 0 aliphatic carbocycles. The minimum absolute atomic E-state index is 0.127. The molecule has 1 aromatic carbocycles. The van der Waals surface area contributed by atoms with Gasteiger partial charge in [-0.1, -0.05) is 34.6 Å². The molecule has 0 aliphatic rings. The number of hydrogen-bond acceptors (Lipinski definition) is 0. The van der Waals surface area contributed by atoms with Gasteiger partial charge in [-0.15, -0.1) is 0 Å². The summed E-state index contributed by atoms with van der Waals surface area (Å²) in [5, 5.41) is 0. The summed E-state index contributed by atoms with van der Waals surface area (Å²) in [5.74, 6) is -0.127. The number of allylic oxidation sites excluding steroid dienone is 1. The molecule has 0 nitrogen and oxygen atoms in total. The summed E-state index contributed by atoms with van der Waals surface area (Å²) in [6.07, 6.45) is 1.69. The third kappa shape index (κ3) is 2.96. The Labute approximate surface area is 86.6 Å². The first kappa shape index (κ1) is 10.5. The molecule has 0 saturated carbocycles. The number of rotatable bonds is 3. The van der Waals surface area contributed by atoms with E-state index in [-0.39, 0.29) is 5.82 Å². The van der Waals surface area contributed by atoms with Crippen molar-refractivity contribution in [3.05, 3.63) is 46.2 Å². The van der Waals surface area contributed by atoms with Crippen molar-refractivity contribution in [1.29, 1.82) is 0 Å². The number of aryl methyl sites for hydroxylation is 1. The fraction of sp³-hybridized carbons (Fsp3) is 0.273. The second-order valence-electron chi connectivity index (χ2n) is 3.04. The summed E-state index contributed by atoms with van der Waals surface area (Å²) >= 11 is 3.29. The zero-order valence-corrected chi connectivity index (χ0v) is 9.20. The van der Waals surface area contributed by atoms with Gasteiger partial charge in [0.05, 0.1) is 0 Å². The van der Waals surface area contributed by atoms with Crippen LogP contribution in [0.15, 0.2) is 29.3 Å². The van der Waals surface area contributed by atoms with Gasteiger partial charge in [0.15, 0.2) is 0 Å². The van der Waals surface area contributed by atoms with Gasteiger partial charge in [0.25, 0.3) is 0 Å². The van der Waals surface area contributed by atoms with Crippen molar-refractivity contribution in [1.82, 2.24) is 0 Å². The average molecular weight is 243 g/mol. The second-order valence-corrected chi connectivity index (χ2v) is 4.16. The van der Waals surface area contributed by atoms with Gasteiger partial charge in [0.1, 0.15) is 5.82 Å². The van der Waals surface area contributed by atoms with Gasteiger partial charge in [-0.05, 0) is 41.4 Å². The molecule has 0 amide bonds. The standard InChI is InChI=1S/C11H12BrF/c1-8(12)6-7-10-4-3-5-11(13)9(10)2/h3-5H,1,6-7H2,2H3.